The van der Waals surface area contributed by atoms with Gasteiger partial charge in [-0.15, -0.1) is 0 Å². The van der Waals surface area contributed by atoms with Gasteiger partial charge in [-0.05, 0) is 66.3 Å². The van der Waals surface area contributed by atoms with E-state index in [2.05, 4.69) is 10.6 Å². The van der Waals surface area contributed by atoms with Crippen molar-refractivity contribution < 1.29 is 14.0 Å². The molecule has 0 aliphatic heterocycles. The highest BCUT2D eigenvalue weighted by atomic mass is 35.5. The maximum absolute atomic E-state index is 13.0. The molecule has 142 valence electrons. The Morgan fingerprint density at radius 2 is 1.48 bits per heavy atom. The van der Waals surface area contributed by atoms with Gasteiger partial charge in [0.2, 0.25) is 11.8 Å². The minimum absolute atomic E-state index is 0.172. The van der Waals surface area contributed by atoms with Crippen LogP contribution in [0.2, 0.25) is 5.02 Å². The zero-order chi connectivity index (χ0) is 19.8. The number of anilines is 2. The molecule has 2 N–H and O–H groups in total. The third-order valence-electron chi connectivity index (χ3n) is 4.75. The Bertz CT molecular complexity index is 884. The van der Waals surface area contributed by atoms with E-state index in [-0.39, 0.29) is 23.0 Å². The molecule has 1 fully saturated rings. The molecule has 2 aromatic carbocycles. The maximum Gasteiger partial charge on any atom is 0.240 e. The SMILES string of the molecule is CC(C)(C)c1cc(NC(=O)C2(C(=O)Nc3ccc(F)cc3)CC2)ccc1Cl. The quantitative estimate of drug-likeness (QED) is 0.713. The van der Waals surface area contributed by atoms with Crippen molar-refractivity contribution >= 4 is 34.8 Å². The van der Waals surface area contributed by atoms with Gasteiger partial charge in [-0.3, -0.25) is 9.59 Å². The first-order valence-corrected chi connectivity index (χ1v) is 9.18. The van der Waals surface area contributed by atoms with Gasteiger partial charge in [0, 0.05) is 16.4 Å². The minimum Gasteiger partial charge on any atom is -0.325 e. The Morgan fingerprint density at radius 1 is 0.963 bits per heavy atom. The van der Waals surface area contributed by atoms with Gasteiger partial charge >= 0.3 is 0 Å². The molecule has 0 aromatic heterocycles. The van der Waals surface area contributed by atoms with Crippen LogP contribution in [0.4, 0.5) is 15.8 Å². The van der Waals surface area contributed by atoms with Gasteiger partial charge in [0.1, 0.15) is 11.2 Å². The van der Waals surface area contributed by atoms with Gasteiger partial charge < -0.3 is 10.6 Å². The van der Waals surface area contributed by atoms with Gasteiger partial charge in [0.05, 0.1) is 0 Å². The number of carbonyl (C=O) groups excluding carboxylic acids is 2. The summed E-state index contributed by atoms with van der Waals surface area (Å²) in [4.78, 5) is 25.4. The lowest BCUT2D eigenvalue weighted by atomic mass is 9.86. The highest BCUT2D eigenvalue weighted by molar-refractivity contribution is 6.31. The second-order valence-corrected chi connectivity index (χ2v) is 8.35. The molecule has 1 aliphatic rings. The van der Waals surface area contributed by atoms with Crippen molar-refractivity contribution in [2.24, 2.45) is 5.41 Å². The average molecular weight is 389 g/mol. The molecule has 4 nitrogen and oxygen atoms in total. The molecule has 1 saturated carbocycles. The minimum atomic E-state index is -1.09. The highest BCUT2D eigenvalue weighted by Crippen LogP contribution is 2.47. The summed E-state index contributed by atoms with van der Waals surface area (Å²) in [7, 11) is 0. The average Bonchev–Trinajstić information content (AvgIpc) is 3.39. The lowest BCUT2D eigenvalue weighted by molar-refractivity contribution is -0.131. The fraction of sp³-hybridized carbons (Fsp3) is 0.333. The molecule has 0 unspecified atom stereocenters. The fourth-order valence-corrected chi connectivity index (χ4v) is 3.30. The Balaban J connectivity index is 1.74. The summed E-state index contributed by atoms with van der Waals surface area (Å²) in [5.41, 5.74) is 0.727. The van der Waals surface area contributed by atoms with Crippen LogP contribution in [0, 0.1) is 11.2 Å². The number of amides is 2. The maximum atomic E-state index is 13.0. The molecule has 6 heteroatoms. The normalized spacial score (nSPS) is 15.1. The molecule has 0 bridgehead atoms. The first-order valence-electron chi connectivity index (χ1n) is 8.80. The van der Waals surface area contributed by atoms with E-state index < -0.39 is 5.41 Å². The van der Waals surface area contributed by atoms with Crippen molar-refractivity contribution in [3.05, 3.63) is 58.9 Å². The first-order chi connectivity index (χ1) is 12.6. The van der Waals surface area contributed by atoms with Crippen LogP contribution in [0.15, 0.2) is 42.5 Å². The van der Waals surface area contributed by atoms with Crippen LogP contribution in [-0.4, -0.2) is 11.8 Å². The third-order valence-corrected chi connectivity index (χ3v) is 5.08. The van der Waals surface area contributed by atoms with Crippen molar-refractivity contribution in [1.29, 1.82) is 0 Å². The van der Waals surface area contributed by atoms with Crippen molar-refractivity contribution in [2.45, 2.75) is 39.0 Å². The van der Waals surface area contributed by atoms with Gasteiger partial charge in [-0.25, -0.2) is 4.39 Å². The van der Waals surface area contributed by atoms with Crippen LogP contribution in [0.3, 0.4) is 0 Å². The van der Waals surface area contributed by atoms with E-state index in [1.165, 1.54) is 24.3 Å². The van der Waals surface area contributed by atoms with Crippen molar-refractivity contribution in [3.8, 4) is 0 Å². The van der Waals surface area contributed by atoms with E-state index in [0.29, 0.717) is 29.2 Å². The number of nitrogens with one attached hydrogen (secondary N) is 2. The molecule has 0 atom stereocenters. The first kappa shape index (κ1) is 19.4. The van der Waals surface area contributed by atoms with Crippen LogP contribution >= 0.6 is 11.6 Å². The number of carbonyl (C=O) groups is 2. The van der Waals surface area contributed by atoms with Gasteiger partial charge in [0.15, 0.2) is 0 Å². The number of hydrogen-bond donors (Lipinski definition) is 2. The molecule has 0 saturated heterocycles. The summed E-state index contributed by atoms with van der Waals surface area (Å²) in [6.07, 6.45) is 0.956. The van der Waals surface area contributed by atoms with E-state index in [9.17, 15) is 14.0 Å². The van der Waals surface area contributed by atoms with Gasteiger partial charge in [-0.2, -0.15) is 0 Å². The van der Waals surface area contributed by atoms with E-state index in [1.807, 2.05) is 26.8 Å². The zero-order valence-electron chi connectivity index (χ0n) is 15.5. The molecular weight excluding hydrogens is 367 g/mol. The number of rotatable bonds is 4. The molecule has 0 radical (unpaired) electrons. The van der Waals surface area contributed by atoms with Crippen molar-refractivity contribution in [3.63, 3.8) is 0 Å². The molecule has 2 aromatic rings. The molecule has 2 amide bonds. The number of benzene rings is 2. The Labute approximate surface area is 163 Å². The lowest BCUT2D eigenvalue weighted by Gasteiger charge is -2.22. The summed E-state index contributed by atoms with van der Waals surface area (Å²) in [5.74, 6) is -1.11. The molecule has 0 spiro atoms. The predicted octanol–water partition coefficient (Wildman–Crippen LogP) is 5.13. The zero-order valence-corrected chi connectivity index (χ0v) is 16.3. The molecular formula is C21H22ClFN2O2. The fourth-order valence-electron chi connectivity index (χ4n) is 2.89. The Morgan fingerprint density at radius 3 is 2.00 bits per heavy atom. The Hall–Kier alpha value is -2.40. The topological polar surface area (TPSA) is 58.2 Å². The second-order valence-electron chi connectivity index (χ2n) is 7.94. The molecule has 27 heavy (non-hydrogen) atoms. The van der Waals surface area contributed by atoms with Gasteiger partial charge in [-0.1, -0.05) is 32.4 Å². The summed E-state index contributed by atoms with van der Waals surface area (Å²) < 4.78 is 13.0. The number of hydrogen-bond acceptors (Lipinski definition) is 2. The predicted molar refractivity (Wildman–Crippen MR) is 105 cm³/mol. The Kier molecular flexibility index (Phi) is 5.00. The third kappa shape index (κ3) is 4.14. The molecule has 0 heterocycles. The summed E-state index contributed by atoms with van der Waals surface area (Å²) in [6, 6.07) is 10.8. The lowest BCUT2D eigenvalue weighted by Crippen LogP contribution is -2.35. The van der Waals surface area contributed by atoms with Crippen molar-refractivity contribution in [2.75, 3.05) is 10.6 Å². The van der Waals surface area contributed by atoms with Crippen LogP contribution in [0.25, 0.3) is 0 Å². The van der Waals surface area contributed by atoms with Gasteiger partial charge in [0.25, 0.3) is 0 Å². The van der Waals surface area contributed by atoms with E-state index in [4.69, 9.17) is 11.6 Å². The van der Waals surface area contributed by atoms with Crippen LogP contribution in [0.1, 0.15) is 39.2 Å². The molecule has 3 rings (SSSR count). The summed E-state index contributed by atoms with van der Waals surface area (Å²) in [6.45, 7) is 6.12. The van der Waals surface area contributed by atoms with E-state index in [0.717, 1.165) is 5.56 Å². The van der Waals surface area contributed by atoms with E-state index in [1.54, 1.807) is 12.1 Å². The smallest absolute Gasteiger partial charge is 0.240 e. The van der Waals surface area contributed by atoms with Crippen molar-refractivity contribution in [1.82, 2.24) is 0 Å². The molecule has 1 aliphatic carbocycles. The summed E-state index contributed by atoms with van der Waals surface area (Å²) in [5, 5.41) is 6.17. The second kappa shape index (κ2) is 6.97. The summed E-state index contributed by atoms with van der Waals surface area (Å²) >= 11 is 6.27. The van der Waals surface area contributed by atoms with Crippen LogP contribution in [0.5, 0.6) is 0 Å². The van der Waals surface area contributed by atoms with Crippen LogP contribution < -0.4 is 10.6 Å². The largest absolute Gasteiger partial charge is 0.325 e. The number of halogens is 2. The van der Waals surface area contributed by atoms with E-state index >= 15 is 0 Å². The highest BCUT2D eigenvalue weighted by Gasteiger charge is 2.56. The monoisotopic (exact) mass is 388 g/mol. The van der Waals surface area contributed by atoms with Crippen LogP contribution in [-0.2, 0) is 15.0 Å². The standard InChI is InChI=1S/C21H22ClFN2O2/c1-20(2,3)16-12-15(8-9-17(16)22)25-19(27)21(10-11-21)18(26)24-14-6-4-13(23)5-7-14/h4-9,12H,10-11H2,1-3H3,(H,24,26)(H,25,27).